The van der Waals surface area contributed by atoms with Crippen molar-refractivity contribution in [2.75, 3.05) is 0 Å². The zero-order valence-electron chi connectivity index (χ0n) is 8.98. The third kappa shape index (κ3) is 2.99. The Morgan fingerprint density at radius 3 is 2.65 bits per heavy atom. The van der Waals surface area contributed by atoms with Crippen LogP contribution in [0, 0.1) is 5.82 Å². The maximum atomic E-state index is 12.9. The van der Waals surface area contributed by atoms with E-state index in [1.54, 1.807) is 18.5 Å². The van der Waals surface area contributed by atoms with Crippen LogP contribution in [0.4, 0.5) is 4.39 Å². The predicted molar refractivity (Wildman–Crippen MR) is 64.1 cm³/mol. The van der Waals surface area contributed by atoms with E-state index >= 15 is 0 Å². The first kappa shape index (κ1) is 12.0. The first-order chi connectivity index (χ1) is 8.16. The summed E-state index contributed by atoms with van der Waals surface area (Å²) in [4.78, 5) is 7.80. The summed E-state index contributed by atoms with van der Waals surface area (Å²) >= 11 is 5.93. The number of rotatable bonds is 3. The topological polar surface area (TPSA) is 51.8 Å². The second-order valence-corrected chi connectivity index (χ2v) is 4.13. The van der Waals surface area contributed by atoms with Gasteiger partial charge >= 0.3 is 0 Å². The maximum Gasteiger partial charge on any atom is 0.124 e. The van der Waals surface area contributed by atoms with Crippen LogP contribution in [0.2, 0.25) is 5.02 Å². The molecule has 0 saturated carbocycles. The van der Waals surface area contributed by atoms with Gasteiger partial charge in [-0.3, -0.25) is 0 Å². The maximum absolute atomic E-state index is 12.9. The van der Waals surface area contributed by atoms with Crippen LogP contribution in [0.25, 0.3) is 0 Å². The molecule has 1 atom stereocenters. The monoisotopic (exact) mass is 251 g/mol. The molecule has 0 saturated heterocycles. The molecule has 2 rings (SSSR count). The number of aromatic nitrogens is 2. The number of hydrogen-bond acceptors (Lipinski definition) is 3. The molecule has 0 spiro atoms. The van der Waals surface area contributed by atoms with Gasteiger partial charge in [-0.2, -0.15) is 0 Å². The highest BCUT2D eigenvalue weighted by atomic mass is 35.5. The molecule has 0 bridgehead atoms. The van der Waals surface area contributed by atoms with Crippen molar-refractivity contribution in [2.24, 2.45) is 5.73 Å². The molecule has 17 heavy (non-hydrogen) atoms. The summed E-state index contributed by atoms with van der Waals surface area (Å²) < 4.78 is 12.9. The Balaban J connectivity index is 2.16. The zero-order valence-corrected chi connectivity index (χ0v) is 9.73. The summed E-state index contributed by atoms with van der Waals surface area (Å²) in [6.07, 6.45) is 5.29. The van der Waals surface area contributed by atoms with E-state index in [1.807, 2.05) is 0 Å². The van der Waals surface area contributed by atoms with Crippen LogP contribution in [0.1, 0.15) is 17.2 Å². The Labute approximate surface area is 103 Å². The van der Waals surface area contributed by atoms with Crippen molar-refractivity contribution < 1.29 is 4.39 Å². The van der Waals surface area contributed by atoms with Gasteiger partial charge in [-0.1, -0.05) is 17.7 Å². The third-order valence-corrected chi connectivity index (χ3v) is 2.82. The average molecular weight is 252 g/mol. The SMILES string of the molecule is NC(Cc1ccc(F)cc1Cl)c1cncnc1. The molecule has 1 aromatic heterocycles. The zero-order chi connectivity index (χ0) is 12.3. The predicted octanol–water partition coefficient (Wildman–Crippen LogP) is 2.51. The minimum Gasteiger partial charge on any atom is -0.324 e. The molecule has 1 heterocycles. The Morgan fingerprint density at radius 2 is 2.00 bits per heavy atom. The molecule has 0 amide bonds. The van der Waals surface area contributed by atoms with Crippen LogP contribution in [0.15, 0.2) is 36.9 Å². The highest BCUT2D eigenvalue weighted by molar-refractivity contribution is 6.31. The van der Waals surface area contributed by atoms with E-state index in [-0.39, 0.29) is 11.9 Å². The molecular formula is C12H11ClFN3. The van der Waals surface area contributed by atoms with E-state index in [2.05, 4.69) is 9.97 Å². The molecule has 88 valence electrons. The van der Waals surface area contributed by atoms with Gasteiger partial charge in [-0.25, -0.2) is 14.4 Å². The molecular weight excluding hydrogens is 241 g/mol. The molecule has 1 unspecified atom stereocenters. The largest absolute Gasteiger partial charge is 0.324 e. The van der Waals surface area contributed by atoms with Gasteiger partial charge in [0.25, 0.3) is 0 Å². The lowest BCUT2D eigenvalue weighted by atomic mass is 10.0. The molecule has 2 aromatic rings. The van der Waals surface area contributed by atoms with E-state index in [4.69, 9.17) is 17.3 Å². The number of nitrogens with zero attached hydrogens (tertiary/aromatic N) is 2. The van der Waals surface area contributed by atoms with Gasteiger partial charge in [0.05, 0.1) is 0 Å². The number of hydrogen-bond donors (Lipinski definition) is 1. The smallest absolute Gasteiger partial charge is 0.124 e. The van der Waals surface area contributed by atoms with E-state index in [0.29, 0.717) is 11.4 Å². The molecule has 0 aliphatic rings. The molecule has 1 aromatic carbocycles. The fraction of sp³-hybridized carbons (Fsp3) is 0.167. The van der Waals surface area contributed by atoms with E-state index < -0.39 is 0 Å². The van der Waals surface area contributed by atoms with Crippen LogP contribution in [0.3, 0.4) is 0 Å². The standard InChI is InChI=1S/C12H11ClFN3/c13-11-4-10(14)2-1-8(11)3-12(15)9-5-16-7-17-6-9/h1-2,4-7,12H,3,15H2. The number of benzene rings is 1. The van der Waals surface area contributed by atoms with Crippen molar-refractivity contribution in [3.8, 4) is 0 Å². The number of halogens is 2. The van der Waals surface area contributed by atoms with Crippen molar-refractivity contribution in [3.63, 3.8) is 0 Å². The van der Waals surface area contributed by atoms with Crippen LogP contribution < -0.4 is 5.73 Å². The summed E-state index contributed by atoms with van der Waals surface area (Å²) in [5.74, 6) is -0.352. The average Bonchev–Trinajstić information content (AvgIpc) is 2.34. The lowest BCUT2D eigenvalue weighted by Gasteiger charge is -2.12. The normalized spacial score (nSPS) is 12.4. The van der Waals surface area contributed by atoms with Crippen molar-refractivity contribution in [3.05, 3.63) is 58.9 Å². The molecule has 5 heteroatoms. The fourth-order valence-corrected chi connectivity index (χ4v) is 1.79. The quantitative estimate of drug-likeness (QED) is 0.912. The summed E-state index contributed by atoms with van der Waals surface area (Å²) in [7, 11) is 0. The highest BCUT2D eigenvalue weighted by Gasteiger charge is 2.10. The Morgan fingerprint density at radius 1 is 1.29 bits per heavy atom. The summed E-state index contributed by atoms with van der Waals surface area (Å²) in [6, 6.07) is 4.04. The first-order valence-electron chi connectivity index (χ1n) is 5.11. The second-order valence-electron chi connectivity index (χ2n) is 3.72. The van der Waals surface area contributed by atoms with E-state index in [1.165, 1.54) is 18.5 Å². The fourth-order valence-electron chi connectivity index (χ4n) is 1.54. The minimum atomic E-state index is -0.352. The van der Waals surface area contributed by atoms with E-state index in [0.717, 1.165) is 11.1 Å². The van der Waals surface area contributed by atoms with Crippen molar-refractivity contribution in [2.45, 2.75) is 12.5 Å². The van der Waals surface area contributed by atoms with Crippen molar-refractivity contribution in [1.29, 1.82) is 0 Å². The van der Waals surface area contributed by atoms with Crippen LogP contribution >= 0.6 is 11.6 Å². The number of nitrogens with two attached hydrogens (primary N) is 1. The van der Waals surface area contributed by atoms with Crippen LogP contribution in [0.5, 0.6) is 0 Å². The van der Waals surface area contributed by atoms with Crippen LogP contribution in [-0.2, 0) is 6.42 Å². The summed E-state index contributed by atoms with van der Waals surface area (Å²) in [5, 5.41) is 0.386. The Kier molecular flexibility index (Phi) is 3.66. The lowest BCUT2D eigenvalue weighted by Crippen LogP contribution is -2.14. The van der Waals surface area contributed by atoms with Gasteiger partial charge in [-0.15, -0.1) is 0 Å². The summed E-state index contributed by atoms with van der Waals surface area (Å²) in [6.45, 7) is 0. The van der Waals surface area contributed by atoms with Gasteiger partial charge in [-0.05, 0) is 24.1 Å². The summed E-state index contributed by atoms with van der Waals surface area (Å²) in [5.41, 5.74) is 7.64. The molecule has 0 aliphatic carbocycles. The molecule has 0 radical (unpaired) electrons. The van der Waals surface area contributed by atoms with Crippen molar-refractivity contribution >= 4 is 11.6 Å². The highest BCUT2D eigenvalue weighted by Crippen LogP contribution is 2.22. The van der Waals surface area contributed by atoms with Gasteiger partial charge in [0.1, 0.15) is 12.1 Å². The first-order valence-corrected chi connectivity index (χ1v) is 5.49. The minimum absolute atomic E-state index is 0.251. The molecule has 3 nitrogen and oxygen atoms in total. The van der Waals surface area contributed by atoms with Gasteiger partial charge in [0.2, 0.25) is 0 Å². The second kappa shape index (κ2) is 5.21. The third-order valence-electron chi connectivity index (χ3n) is 2.46. The molecule has 2 N–H and O–H groups in total. The van der Waals surface area contributed by atoms with Gasteiger partial charge < -0.3 is 5.73 Å². The van der Waals surface area contributed by atoms with Gasteiger partial charge in [0, 0.05) is 29.0 Å². The lowest BCUT2D eigenvalue weighted by molar-refractivity contribution is 0.625. The Bertz CT molecular complexity index is 504. The molecule has 0 aliphatic heterocycles. The van der Waals surface area contributed by atoms with Crippen LogP contribution in [-0.4, -0.2) is 9.97 Å². The van der Waals surface area contributed by atoms with Gasteiger partial charge in [0.15, 0.2) is 0 Å². The van der Waals surface area contributed by atoms with Crippen molar-refractivity contribution in [1.82, 2.24) is 9.97 Å². The van der Waals surface area contributed by atoms with E-state index in [9.17, 15) is 4.39 Å². The Hall–Kier alpha value is -1.52. The molecule has 0 fully saturated rings.